The normalized spacial score (nSPS) is 13.4. The van der Waals surface area contributed by atoms with E-state index >= 15 is 0 Å². The third kappa shape index (κ3) is 4.16. The van der Waals surface area contributed by atoms with Crippen molar-refractivity contribution in [1.29, 1.82) is 0 Å². The highest BCUT2D eigenvalue weighted by Crippen LogP contribution is 2.28. The molecule has 1 fully saturated rings. The van der Waals surface area contributed by atoms with E-state index in [4.69, 9.17) is 4.74 Å². The molecule has 1 aromatic heterocycles. The number of ether oxygens (including phenoxy) is 1. The number of pyridine rings is 1. The molecule has 3 amide bonds. The van der Waals surface area contributed by atoms with Crippen molar-refractivity contribution in [3.8, 4) is 0 Å². The van der Waals surface area contributed by atoms with Gasteiger partial charge in [-0.15, -0.1) is 0 Å². The number of hydrogen-bond acceptors (Lipinski definition) is 6. The Kier molecular flexibility index (Phi) is 5.30. The lowest BCUT2D eigenvalue weighted by molar-refractivity contribution is -0.130. The smallest absolute Gasteiger partial charge is 0.341 e. The average Bonchev–Trinajstić information content (AvgIpc) is 3.07. The van der Waals surface area contributed by atoms with Crippen molar-refractivity contribution in [2.75, 3.05) is 19.7 Å². The Hall–Kier alpha value is -2.87. The lowest BCUT2D eigenvalue weighted by atomic mass is 10.3. The Labute approximate surface area is 148 Å². The first kappa shape index (κ1) is 17.0. The molecule has 3 rings (SSSR count). The first-order valence-corrected chi connectivity index (χ1v) is 8.40. The Morgan fingerprint density at radius 3 is 2.72 bits per heavy atom. The van der Waals surface area contributed by atoms with Gasteiger partial charge in [-0.05, 0) is 24.3 Å². The first-order chi connectivity index (χ1) is 12.1. The van der Waals surface area contributed by atoms with E-state index in [1.165, 1.54) is 11.8 Å². The highest BCUT2D eigenvalue weighted by Gasteiger charge is 2.27. The van der Waals surface area contributed by atoms with Gasteiger partial charge in [0, 0.05) is 24.2 Å². The molecule has 0 unspecified atom stereocenters. The Balaban J connectivity index is 1.66. The third-order valence-electron chi connectivity index (χ3n) is 3.43. The number of rotatable bonds is 5. The number of urea groups is 1. The second-order valence-corrected chi connectivity index (χ2v) is 6.19. The number of nitrogens with one attached hydrogen (secondary N) is 1. The van der Waals surface area contributed by atoms with Gasteiger partial charge in [0.15, 0.2) is 6.61 Å². The standard InChI is InChI=1S/C17H15N3O4S/c21-14(20-10-9-19-17(20)23)11-24-16(22)13-7-4-8-18-15(13)25-12-5-2-1-3-6-12/h1-8H,9-11H2,(H,19,23). The minimum absolute atomic E-state index is 0.273. The van der Waals surface area contributed by atoms with Crippen molar-refractivity contribution >= 4 is 29.7 Å². The zero-order valence-electron chi connectivity index (χ0n) is 13.2. The molecule has 128 valence electrons. The molecule has 8 heteroatoms. The van der Waals surface area contributed by atoms with Gasteiger partial charge in [-0.2, -0.15) is 0 Å². The summed E-state index contributed by atoms with van der Waals surface area (Å²) in [4.78, 5) is 41.8. The summed E-state index contributed by atoms with van der Waals surface area (Å²) in [5, 5.41) is 3.01. The molecule has 7 nitrogen and oxygen atoms in total. The van der Waals surface area contributed by atoms with Crippen molar-refractivity contribution in [1.82, 2.24) is 15.2 Å². The molecular weight excluding hydrogens is 342 g/mol. The number of benzene rings is 1. The van der Waals surface area contributed by atoms with E-state index in [-0.39, 0.29) is 12.1 Å². The van der Waals surface area contributed by atoms with Gasteiger partial charge >= 0.3 is 12.0 Å². The van der Waals surface area contributed by atoms with Crippen LogP contribution in [0.4, 0.5) is 4.79 Å². The number of aromatic nitrogens is 1. The number of carbonyl (C=O) groups is 3. The molecule has 25 heavy (non-hydrogen) atoms. The molecule has 0 aliphatic carbocycles. The quantitative estimate of drug-likeness (QED) is 0.823. The summed E-state index contributed by atoms with van der Waals surface area (Å²) in [6, 6.07) is 12.2. The van der Waals surface area contributed by atoms with E-state index in [9.17, 15) is 14.4 Å². The fourth-order valence-electron chi connectivity index (χ4n) is 2.22. The van der Waals surface area contributed by atoms with Crippen LogP contribution in [0.1, 0.15) is 10.4 Å². The molecule has 1 aromatic carbocycles. The first-order valence-electron chi connectivity index (χ1n) is 7.58. The lowest BCUT2D eigenvalue weighted by Crippen LogP contribution is -2.37. The molecule has 1 N–H and O–H groups in total. The predicted octanol–water partition coefficient (Wildman–Crippen LogP) is 1.94. The van der Waals surface area contributed by atoms with E-state index in [1.54, 1.807) is 18.3 Å². The number of imide groups is 1. The summed E-state index contributed by atoms with van der Waals surface area (Å²) < 4.78 is 5.07. The van der Waals surface area contributed by atoms with Gasteiger partial charge in [-0.25, -0.2) is 14.6 Å². The van der Waals surface area contributed by atoms with Gasteiger partial charge in [-0.1, -0.05) is 30.0 Å². The van der Waals surface area contributed by atoms with Crippen LogP contribution in [0.15, 0.2) is 58.6 Å². The monoisotopic (exact) mass is 357 g/mol. The van der Waals surface area contributed by atoms with Crippen molar-refractivity contribution in [2.24, 2.45) is 0 Å². The van der Waals surface area contributed by atoms with Crippen LogP contribution >= 0.6 is 11.8 Å². The van der Waals surface area contributed by atoms with E-state index < -0.39 is 24.5 Å². The maximum Gasteiger partial charge on any atom is 0.341 e. The maximum absolute atomic E-state index is 12.3. The van der Waals surface area contributed by atoms with E-state index in [1.807, 2.05) is 30.3 Å². The molecule has 1 aliphatic rings. The van der Waals surface area contributed by atoms with Crippen molar-refractivity contribution in [3.63, 3.8) is 0 Å². The second kappa shape index (κ2) is 7.80. The van der Waals surface area contributed by atoms with Gasteiger partial charge in [0.1, 0.15) is 5.03 Å². The van der Waals surface area contributed by atoms with Crippen LogP contribution in [0.3, 0.4) is 0 Å². The summed E-state index contributed by atoms with van der Waals surface area (Å²) in [5.41, 5.74) is 0.273. The molecule has 0 saturated carbocycles. The summed E-state index contributed by atoms with van der Waals surface area (Å²) in [6.45, 7) is 0.187. The molecule has 0 spiro atoms. The summed E-state index contributed by atoms with van der Waals surface area (Å²) in [6.07, 6.45) is 1.59. The molecule has 0 bridgehead atoms. The van der Waals surface area contributed by atoms with E-state index in [2.05, 4.69) is 10.3 Å². The largest absolute Gasteiger partial charge is 0.452 e. The van der Waals surface area contributed by atoms with Crippen LogP contribution in [0.5, 0.6) is 0 Å². The molecule has 1 aliphatic heterocycles. The van der Waals surface area contributed by atoms with Crippen molar-refractivity contribution < 1.29 is 19.1 Å². The van der Waals surface area contributed by atoms with Crippen molar-refractivity contribution in [3.05, 3.63) is 54.2 Å². The van der Waals surface area contributed by atoms with Gasteiger partial charge in [0.2, 0.25) is 0 Å². The summed E-state index contributed by atoms with van der Waals surface area (Å²) in [7, 11) is 0. The number of carbonyl (C=O) groups excluding carboxylic acids is 3. The number of amides is 3. The fraction of sp³-hybridized carbons (Fsp3) is 0.176. The van der Waals surface area contributed by atoms with Crippen LogP contribution in [0, 0.1) is 0 Å². The van der Waals surface area contributed by atoms with Crippen LogP contribution in [-0.2, 0) is 9.53 Å². The molecule has 0 atom stereocenters. The molecule has 0 radical (unpaired) electrons. The lowest BCUT2D eigenvalue weighted by Gasteiger charge is -2.12. The number of esters is 1. The Bertz CT molecular complexity index is 797. The molecule has 2 heterocycles. The van der Waals surface area contributed by atoms with Gasteiger partial charge < -0.3 is 10.1 Å². The molecule has 2 aromatic rings. The third-order valence-corrected chi connectivity index (χ3v) is 4.46. The predicted molar refractivity (Wildman–Crippen MR) is 90.2 cm³/mol. The van der Waals surface area contributed by atoms with E-state index in [0.29, 0.717) is 11.6 Å². The number of hydrogen-bond donors (Lipinski definition) is 1. The minimum atomic E-state index is -0.653. The van der Waals surface area contributed by atoms with Crippen LogP contribution in [0.25, 0.3) is 0 Å². The fourth-order valence-corrected chi connectivity index (χ4v) is 3.11. The molecular formula is C17H15N3O4S. The maximum atomic E-state index is 12.3. The second-order valence-electron chi connectivity index (χ2n) is 5.12. The highest BCUT2D eigenvalue weighted by atomic mass is 32.2. The minimum Gasteiger partial charge on any atom is -0.452 e. The zero-order chi connectivity index (χ0) is 17.6. The van der Waals surface area contributed by atoms with Crippen LogP contribution in [0.2, 0.25) is 0 Å². The van der Waals surface area contributed by atoms with Crippen LogP contribution in [-0.4, -0.2) is 47.5 Å². The van der Waals surface area contributed by atoms with Crippen LogP contribution < -0.4 is 5.32 Å². The van der Waals surface area contributed by atoms with Gasteiger partial charge in [-0.3, -0.25) is 9.69 Å². The highest BCUT2D eigenvalue weighted by molar-refractivity contribution is 7.99. The topological polar surface area (TPSA) is 88.6 Å². The molecule has 1 saturated heterocycles. The summed E-state index contributed by atoms with van der Waals surface area (Å²) in [5.74, 6) is -1.20. The van der Waals surface area contributed by atoms with Gasteiger partial charge in [0.05, 0.1) is 5.56 Å². The van der Waals surface area contributed by atoms with E-state index in [0.717, 1.165) is 9.80 Å². The van der Waals surface area contributed by atoms with Crippen molar-refractivity contribution in [2.45, 2.75) is 9.92 Å². The average molecular weight is 357 g/mol. The zero-order valence-corrected chi connectivity index (χ0v) is 14.0. The van der Waals surface area contributed by atoms with Gasteiger partial charge in [0.25, 0.3) is 5.91 Å². The number of nitrogens with zero attached hydrogens (tertiary/aromatic N) is 2. The Morgan fingerprint density at radius 1 is 1.20 bits per heavy atom. The SMILES string of the molecule is O=C(OCC(=O)N1CCNC1=O)c1cccnc1Sc1ccccc1. The summed E-state index contributed by atoms with van der Waals surface area (Å²) >= 11 is 1.33. The Morgan fingerprint density at radius 2 is 2.00 bits per heavy atom.